The van der Waals surface area contributed by atoms with Crippen LogP contribution < -0.4 is 5.32 Å². The molecule has 0 aliphatic rings. The molecule has 6 nitrogen and oxygen atoms in total. The van der Waals surface area contributed by atoms with Crippen LogP contribution in [0.5, 0.6) is 0 Å². The summed E-state index contributed by atoms with van der Waals surface area (Å²) < 4.78 is 2.44. The first-order chi connectivity index (χ1) is 8.97. The van der Waals surface area contributed by atoms with Gasteiger partial charge in [-0.1, -0.05) is 0 Å². The Bertz CT molecular complexity index is 651. The van der Waals surface area contributed by atoms with Gasteiger partial charge < -0.3 is 15.0 Å². The molecule has 7 heteroatoms. The van der Waals surface area contributed by atoms with Gasteiger partial charge in [-0.15, -0.1) is 0 Å². The van der Waals surface area contributed by atoms with Crippen molar-refractivity contribution in [1.82, 2.24) is 9.55 Å². The lowest BCUT2D eigenvalue weighted by Crippen LogP contribution is -2.16. The summed E-state index contributed by atoms with van der Waals surface area (Å²) in [6, 6.07) is 4.33. The van der Waals surface area contributed by atoms with Gasteiger partial charge in [0.15, 0.2) is 0 Å². The van der Waals surface area contributed by atoms with Crippen LogP contribution in [-0.2, 0) is 7.05 Å². The van der Waals surface area contributed by atoms with E-state index in [9.17, 15) is 9.59 Å². The number of amides is 1. The molecule has 0 aliphatic carbocycles. The summed E-state index contributed by atoms with van der Waals surface area (Å²) in [5, 5.41) is 11.4. The molecule has 1 amide bonds. The van der Waals surface area contributed by atoms with Gasteiger partial charge in [-0.2, -0.15) is 0 Å². The van der Waals surface area contributed by atoms with Crippen molar-refractivity contribution in [3.63, 3.8) is 0 Å². The molecular formula is C12H10BrN3O3. The lowest BCUT2D eigenvalue weighted by atomic mass is 10.2. The van der Waals surface area contributed by atoms with Gasteiger partial charge in [-0.3, -0.25) is 4.79 Å². The number of carbonyl (C=O) groups is 2. The molecule has 0 spiro atoms. The van der Waals surface area contributed by atoms with Crippen LogP contribution in [0.2, 0.25) is 0 Å². The number of hydrogen-bond donors (Lipinski definition) is 2. The van der Waals surface area contributed by atoms with Crippen LogP contribution in [0.1, 0.15) is 20.8 Å². The number of nitrogens with one attached hydrogen (secondary N) is 1. The Kier molecular flexibility index (Phi) is 3.66. The van der Waals surface area contributed by atoms with E-state index < -0.39 is 5.97 Å². The van der Waals surface area contributed by atoms with Gasteiger partial charge in [0, 0.05) is 23.9 Å². The van der Waals surface area contributed by atoms with Gasteiger partial charge in [0.25, 0.3) is 5.91 Å². The Morgan fingerprint density at radius 1 is 1.42 bits per heavy atom. The molecule has 0 fully saturated rings. The molecule has 2 aromatic heterocycles. The van der Waals surface area contributed by atoms with Gasteiger partial charge in [0.2, 0.25) is 0 Å². The van der Waals surface area contributed by atoms with Crippen LogP contribution >= 0.6 is 15.9 Å². The minimum atomic E-state index is -1.07. The first-order valence-electron chi connectivity index (χ1n) is 5.30. The molecule has 2 aromatic rings. The fourth-order valence-electron chi connectivity index (χ4n) is 1.56. The standard InChI is InChI=1S/C12H10BrN3O3/c1-16-6-8(13)5-9(16)11(17)15-10-4-7(12(18)19)2-3-14-10/h2-6H,1H3,(H,18,19)(H,14,15,17). The van der Waals surface area contributed by atoms with E-state index in [0.717, 1.165) is 4.47 Å². The highest BCUT2D eigenvalue weighted by Gasteiger charge is 2.12. The Morgan fingerprint density at radius 2 is 2.16 bits per heavy atom. The summed E-state index contributed by atoms with van der Waals surface area (Å²) in [6.45, 7) is 0. The average Bonchev–Trinajstić information content (AvgIpc) is 2.69. The summed E-state index contributed by atoms with van der Waals surface area (Å²) in [7, 11) is 1.74. The topological polar surface area (TPSA) is 84.2 Å². The molecule has 19 heavy (non-hydrogen) atoms. The van der Waals surface area contributed by atoms with Gasteiger partial charge in [-0.25, -0.2) is 9.78 Å². The maximum Gasteiger partial charge on any atom is 0.335 e. The summed E-state index contributed by atoms with van der Waals surface area (Å²) in [6.07, 6.45) is 3.08. The van der Waals surface area contributed by atoms with E-state index in [1.54, 1.807) is 23.9 Å². The van der Waals surface area contributed by atoms with Crippen molar-refractivity contribution in [3.8, 4) is 0 Å². The van der Waals surface area contributed by atoms with Crippen molar-refractivity contribution < 1.29 is 14.7 Å². The van der Waals surface area contributed by atoms with Crippen LogP contribution in [0.15, 0.2) is 35.1 Å². The summed E-state index contributed by atoms with van der Waals surface area (Å²) in [5.74, 6) is -1.23. The molecule has 2 N–H and O–H groups in total. The van der Waals surface area contributed by atoms with Gasteiger partial charge in [-0.05, 0) is 34.1 Å². The fourth-order valence-corrected chi connectivity index (χ4v) is 2.09. The quantitative estimate of drug-likeness (QED) is 0.906. The molecule has 0 atom stereocenters. The first-order valence-corrected chi connectivity index (χ1v) is 6.09. The summed E-state index contributed by atoms with van der Waals surface area (Å²) in [4.78, 5) is 26.7. The first kappa shape index (κ1) is 13.3. The number of hydrogen-bond acceptors (Lipinski definition) is 3. The lowest BCUT2D eigenvalue weighted by Gasteiger charge is -2.05. The van der Waals surface area contributed by atoms with Crippen LogP contribution in [-0.4, -0.2) is 26.5 Å². The number of aromatic nitrogens is 2. The second-order valence-corrected chi connectivity index (χ2v) is 4.76. The third-order valence-corrected chi connectivity index (χ3v) is 2.89. The molecule has 2 rings (SSSR count). The number of carboxylic acid groups (broad SMARTS) is 1. The van der Waals surface area contributed by atoms with Gasteiger partial charge >= 0.3 is 5.97 Å². The van der Waals surface area contributed by atoms with Crippen molar-refractivity contribution in [3.05, 3.63) is 46.3 Å². The van der Waals surface area contributed by atoms with Crippen molar-refractivity contribution in [2.24, 2.45) is 7.05 Å². The second kappa shape index (κ2) is 5.23. The number of carbonyl (C=O) groups excluding carboxylic acids is 1. The van der Waals surface area contributed by atoms with E-state index in [0.29, 0.717) is 5.69 Å². The molecule has 2 heterocycles. The number of halogens is 1. The highest BCUT2D eigenvalue weighted by atomic mass is 79.9. The maximum atomic E-state index is 12.0. The second-order valence-electron chi connectivity index (χ2n) is 3.84. The minimum absolute atomic E-state index is 0.0679. The highest BCUT2D eigenvalue weighted by molar-refractivity contribution is 9.10. The third-order valence-electron chi connectivity index (χ3n) is 2.45. The molecule has 0 aromatic carbocycles. The fraction of sp³-hybridized carbons (Fsp3) is 0.0833. The molecule has 0 bridgehead atoms. The third kappa shape index (κ3) is 3.00. The predicted molar refractivity (Wildman–Crippen MR) is 72.3 cm³/mol. The number of carboxylic acids is 1. The van der Waals surface area contributed by atoms with Crippen LogP contribution in [0.4, 0.5) is 5.82 Å². The van der Waals surface area contributed by atoms with E-state index in [1.807, 2.05) is 0 Å². The number of aromatic carboxylic acids is 1. The Hall–Kier alpha value is -2.15. The zero-order valence-electron chi connectivity index (χ0n) is 9.92. The Balaban J connectivity index is 2.21. The van der Waals surface area contributed by atoms with Gasteiger partial charge in [0.05, 0.1) is 5.56 Å². The molecule has 0 saturated carbocycles. The highest BCUT2D eigenvalue weighted by Crippen LogP contribution is 2.15. The van der Waals surface area contributed by atoms with E-state index in [4.69, 9.17) is 5.11 Å². The smallest absolute Gasteiger partial charge is 0.335 e. The van der Waals surface area contributed by atoms with Crippen molar-refractivity contribution >= 4 is 33.6 Å². The molecule has 98 valence electrons. The van der Waals surface area contributed by atoms with Crippen LogP contribution in [0, 0.1) is 0 Å². The molecule has 0 radical (unpaired) electrons. The summed E-state index contributed by atoms with van der Waals surface area (Å²) >= 11 is 3.27. The number of anilines is 1. The van der Waals surface area contributed by atoms with E-state index in [2.05, 4.69) is 26.2 Å². The van der Waals surface area contributed by atoms with Crippen molar-refractivity contribution in [1.29, 1.82) is 0 Å². The molecular weight excluding hydrogens is 314 g/mol. The number of pyridine rings is 1. The largest absolute Gasteiger partial charge is 0.478 e. The van der Waals surface area contributed by atoms with Crippen molar-refractivity contribution in [2.75, 3.05) is 5.32 Å². The predicted octanol–water partition coefficient (Wildman–Crippen LogP) is 2.13. The van der Waals surface area contributed by atoms with E-state index in [1.165, 1.54) is 18.3 Å². The lowest BCUT2D eigenvalue weighted by molar-refractivity contribution is 0.0696. The number of rotatable bonds is 3. The van der Waals surface area contributed by atoms with E-state index in [-0.39, 0.29) is 17.3 Å². The van der Waals surface area contributed by atoms with Crippen molar-refractivity contribution in [2.45, 2.75) is 0 Å². The van der Waals surface area contributed by atoms with Crippen LogP contribution in [0.3, 0.4) is 0 Å². The maximum absolute atomic E-state index is 12.0. The average molecular weight is 324 g/mol. The minimum Gasteiger partial charge on any atom is -0.478 e. The van der Waals surface area contributed by atoms with Crippen LogP contribution in [0.25, 0.3) is 0 Å². The Labute approximate surface area is 117 Å². The normalized spacial score (nSPS) is 10.2. The molecule has 0 saturated heterocycles. The zero-order valence-corrected chi connectivity index (χ0v) is 11.5. The summed E-state index contributed by atoms with van der Waals surface area (Å²) in [5.41, 5.74) is 0.507. The number of nitrogens with zero attached hydrogens (tertiary/aromatic N) is 2. The molecule has 0 aliphatic heterocycles. The zero-order chi connectivity index (χ0) is 14.0. The molecule has 0 unspecified atom stereocenters. The monoisotopic (exact) mass is 323 g/mol. The van der Waals surface area contributed by atoms with Gasteiger partial charge in [0.1, 0.15) is 11.5 Å². The SMILES string of the molecule is Cn1cc(Br)cc1C(=O)Nc1cc(C(=O)O)ccn1. The Morgan fingerprint density at radius 3 is 2.74 bits per heavy atom. The number of aryl methyl sites for hydroxylation is 1. The van der Waals surface area contributed by atoms with E-state index >= 15 is 0 Å².